The van der Waals surface area contributed by atoms with E-state index in [1.54, 1.807) is 43.1 Å². The molecule has 2 N–H and O–H groups in total. The highest BCUT2D eigenvalue weighted by Gasteiger charge is 2.42. The van der Waals surface area contributed by atoms with Crippen LogP contribution in [0, 0.1) is 11.3 Å². The summed E-state index contributed by atoms with van der Waals surface area (Å²) in [5.74, 6) is 0.221. The third kappa shape index (κ3) is 2.82. The molecular formula is C24H20N4O4. The molecule has 1 amide bonds. The Morgan fingerprint density at radius 2 is 2.06 bits per heavy atom. The van der Waals surface area contributed by atoms with Crippen LogP contribution in [0.2, 0.25) is 0 Å². The van der Waals surface area contributed by atoms with Crippen molar-refractivity contribution in [1.82, 2.24) is 9.78 Å². The molecule has 1 unspecified atom stereocenters. The fourth-order valence-corrected chi connectivity index (χ4v) is 4.57. The van der Waals surface area contributed by atoms with Crippen molar-refractivity contribution in [2.24, 2.45) is 7.05 Å². The molecule has 3 aromatic rings. The number of amides is 1. The van der Waals surface area contributed by atoms with E-state index in [-0.39, 0.29) is 11.6 Å². The van der Waals surface area contributed by atoms with Gasteiger partial charge in [0.1, 0.15) is 23.3 Å². The van der Waals surface area contributed by atoms with Crippen molar-refractivity contribution in [1.29, 1.82) is 5.26 Å². The second-order valence-electron chi connectivity index (χ2n) is 7.63. The zero-order valence-corrected chi connectivity index (χ0v) is 17.5. The summed E-state index contributed by atoms with van der Waals surface area (Å²) in [5, 5.41) is 27.9. The van der Waals surface area contributed by atoms with Crippen LogP contribution in [0.1, 0.15) is 29.2 Å². The fourth-order valence-electron chi connectivity index (χ4n) is 4.57. The third-order valence-electron chi connectivity index (χ3n) is 5.90. The molecule has 0 radical (unpaired) electrons. The maximum absolute atomic E-state index is 12.8. The summed E-state index contributed by atoms with van der Waals surface area (Å²) in [4.78, 5) is 12.8. The van der Waals surface area contributed by atoms with Gasteiger partial charge in [0.05, 0.1) is 19.4 Å². The minimum Gasteiger partial charge on any atom is -0.504 e. The molecule has 0 fully saturated rings. The monoisotopic (exact) mass is 428 g/mol. The lowest BCUT2D eigenvalue weighted by molar-refractivity contribution is -0.112. The first kappa shape index (κ1) is 19.7. The number of fused-ring (bicyclic) bond motifs is 3. The molecule has 2 heterocycles. The number of aryl methyl sites for hydroxylation is 1. The van der Waals surface area contributed by atoms with Gasteiger partial charge in [-0.1, -0.05) is 18.2 Å². The molecule has 0 bridgehead atoms. The zero-order chi connectivity index (χ0) is 22.4. The molecule has 1 aliphatic carbocycles. The standard InChI is InChI=1S/C24H20N4O4/c1-28-22-19(14-10-11-32-17-9-8-16(31-2)20(22)18(14)17)21(27-28)23(29)15(12-25)24(30)26-13-6-4-3-5-7-13/h3-9,14,29H,10-11H2,1-2H3,(H,26,30)/b23-15-. The van der Waals surface area contributed by atoms with Gasteiger partial charge >= 0.3 is 0 Å². The molecule has 0 spiro atoms. The van der Waals surface area contributed by atoms with Crippen molar-refractivity contribution in [3.63, 3.8) is 0 Å². The molecule has 0 saturated carbocycles. The summed E-state index contributed by atoms with van der Waals surface area (Å²) in [6.07, 6.45) is 0.685. The SMILES string of the molecule is COc1ccc2c3c1-c1c(c(/C(O)=C(\C#N)C(=O)Nc4ccccc4)nn1C)C3CCO2. The maximum Gasteiger partial charge on any atom is 0.270 e. The van der Waals surface area contributed by atoms with Crippen LogP contribution in [-0.2, 0) is 11.8 Å². The van der Waals surface area contributed by atoms with Crippen molar-refractivity contribution in [2.75, 3.05) is 19.0 Å². The number of methoxy groups -OCH3 is 1. The number of nitriles is 1. The molecule has 8 heteroatoms. The largest absolute Gasteiger partial charge is 0.504 e. The number of benzene rings is 2. The third-order valence-corrected chi connectivity index (χ3v) is 5.90. The predicted octanol–water partition coefficient (Wildman–Crippen LogP) is 3.75. The van der Waals surface area contributed by atoms with E-state index in [9.17, 15) is 15.2 Å². The Morgan fingerprint density at radius 1 is 1.28 bits per heavy atom. The van der Waals surface area contributed by atoms with Crippen LogP contribution in [0.15, 0.2) is 48.0 Å². The number of ether oxygens (including phenoxy) is 2. The summed E-state index contributed by atoms with van der Waals surface area (Å²) in [6, 6.07) is 14.3. The number of aliphatic hydroxyl groups excluding tert-OH is 1. The van der Waals surface area contributed by atoms with Crippen molar-refractivity contribution >= 4 is 17.4 Å². The van der Waals surface area contributed by atoms with Crippen molar-refractivity contribution in [3.8, 4) is 28.8 Å². The first-order chi connectivity index (χ1) is 15.5. The number of nitrogens with one attached hydrogen (secondary N) is 1. The van der Waals surface area contributed by atoms with Crippen LogP contribution in [-0.4, -0.2) is 34.5 Å². The topological polar surface area (TPSA) is 109 Å². The van der Waals surface area contributed by atoms with E-state index in [1.165, 1.54) is 0 Å². The normalized spacial score (nSPS) is 16.2. The number of nitrogens with zero attached hydrogens (tertiary/aromatic N) is 3. The van der Waals surface area contributed by atoms with Gasteiger partial charge in [0.25, 0.3) is 5.91 Å². The van der Waals surface area contributed by atoms with Gasteiger partial charge in [-0.3, -0.25) is 9.48 Å². The number of hydrogen-bond acceptors (Lipinski definition) is 6. The van der Waals surface area contributed by atoms with Crippen LogP contribution in [0.5, 0.6) is 11.5 Å². The van der Waals surface area contributed by atoms with E-state index in [4.69, 9.17) is 9.47 Å². The second-order valence-corrected chi connectivity index (χ2v) is 7.63. The highest BCUT2D eigenvalue weighted by Crippen LogP contribution is 2.56. The number of carbonyl (C=O) groups excluding carboxylic acids is 1. The number of aromatic nitrogens is 2. The summed E-state index contributed by atoms with van der Waals surface area (Å²) in [5.41, 5.74) is 3.76. The average molecular weight is 428 g/mol. The predicted molar refractivity (Wildman–Crippen MR) is 117 cm³/mol. The number of aliphatic hydroxyl groups is 1. The molecule has 1 atom stereocenters. The molecule has 32 heavy (non-hydrogen) atoms. The molecule has 1 aromatic heterocycles. The van der Waals surface area contributed by atoms with Gasteiger partial charge in [0.2, 0.25) is 0 Å². The number of hydrogen-bond donors (Lipinski definition) is 2. The Hall–Kier alpha value is -4.25. The first-order valence-corrected chi connectivity index (χ1v) is 10.2. The van der Waals surface area contributed by atoms with Crippen molar-refractivity contribution in [2.45, 2.75) is 12.3 Å². The number of para-hydroxylation sites is 1. The number of rotatable bonds is 4. The lowest BCUT2D eigenvalue weighted by atomic mass is 9.90. The first-order valence-electron chi connectivity index (χ1n) is 10.2. The molecule has 8 nitrogen and oxygen atoms in total. The molecular weight excluding hydrogens is 408 g/mol. The van der Waals surface area contributed by atoms with Crippen LogP contribution in [0.4, 0.5) is 5.69 Å². The van der Waals surface area contributed by atoms with Gasteiger partial charge in [0, 0.05) is 35.3 Å². The quantitative estimate of drug-likeness (QED) is 0.372. The van der Waals surface area contributed by atoms with E-state index in [0.29, 0.717) is 24.5 Å². The zero-order valence-electron chi connectivity index (χ0n) is 17.5. The van der Waals surface area contributed by atoms with Crippen LogP contribution in [0.3, 0.4) is 0 Å². The minimum atomic E-state index is -0.698. The van der Waals surface area contributed by atoms with E-state index in [1.807, 2.05) is 24.3 Å². The molecule has 160 valence electrons. The summed E-state index contributed by atoms with van der Waals surface area (Å²) in [7, 11) is 3.37. The van der Waals surface area contributed by atoms with E-state index in [0.717, 1.165) is 28.1 Å². The van der Waals surface area contributed by atoms with E-state index >= 15 is 0 Å². The Labute approximate surface area is 184 Å². The second kappa shape index (κ2) is 7.46. The van der Waals surface area contributed by atoms with Crippen molar-refractivity contribution in [3.05, 3.63) is 64.9 Å². The van der Waals surface area contributed by atoms with Gasteiger partial charge in [0.15, 0.2) is 11.3 Å². The Morgan fingerprint density at radius 3 is 2.78 bits per heavy atom. The summed E-state index contributed by atoms with van der Waals surface area (Å²) in [6.45, 7) is 0.515. The van der Waals surface area contributed by atoms with Crippen LogP contribution in [0.25, 0.3) is 17.0 Å². The van der Waals surface area contributed by atoms with E-state index < -0.39 is 17.2 Å². The Kier molecular flexibility index (Phi) is 4.59. The summed E-state index contributed by atoms with van der Waals surface area (Å²) < 4.78 is 13.1. The fraction of sp³-hybridized carbons (Fsp3) is 0.208. The number of anilines is 1. The Balaban J connectivity index is 1.65. The lowest BCUT2D eigenvalue weighted by Crippen LogP contribution is -2.17. The smallest absolute Gasteiger partial charge is 0.270 e. The molecule has 2 aromatic carbocycles. The number of carbonyl (C=O) groups is 1. The van der Waals surface area contributed by atoms with Crippen LogP contribution < -0.4 is 14.8 Å². The molecule has 5 rings (SSSR count). The maximum atomic E-state index is 12.8. The van der Waals surface area contributed by atoms with Gasteiger partial charge in [-0.05, 0) is 30.7 Å². The average Bonchev–Trinajstić information content (AvgIpc) is 3.33. The minimum absolute atomic E-state index is 0.0816. The Bertz CT molecular complexity index is 1320. The molecule has 1 aliphatic heterocycles. The molecule has 0 saturated heterocycles. The highest BCUT2D eigenvalue weighted by molar-refractivity contribution is 6.11. The van der Waals surface area contributed by atoms with Gasteiger partial charge in [-0.2, -0.15) is 10.4 Å². The van der Waals surface area contributed by atoms with Crippen LogP contribution >= 0.6 is 0 Å². The van der Waals surface area contributed by atoms with E-state index in [2.05, 4.69) is 10.4 Å². The highest BCUT2D eigenvalue weighted by atomic mass is 16.5. The van der Waals surface area contributed by atoms with Gasteiger partial charge in [-0.25, -0.2) is 0 Å². The van der Waals surface area contributed by atoms with Gasteiger partial charge in [-0.15, -0.1) is 0 Å². The summed E-state index contributed by atoms with van der Waals surface area (Å²) >= 11 is 0. The lowest BCUT2D eigenvalue weighted by Gasteiger charge is -2.24. The molecule has 2 aliphatic rings. The van der Waals surface area contributed by atoms with Crippen molar-refractivity contribution < 1.29 is 19.4 Å². The van der Waals surface area contributed by atoms with Gasteiger partial charge < -0.3 is 19.9 Å².